The first-order chi connectivity index (χ1) is 19.0. The zero-order chi connectivity index (χ0) is 27.1. The van der Waals surface area contributed by atoms with Gasteiger partial charge in [-0.15, -0.1) is 0 Å². The average molecular weight is 529 g/mol. The summed E-state index contributed by atoms with van der Waals surface area (Å²) in [5.41, 5.74) is 2.88. The van der Waals surface area contributed by atoms with E-state index in [9.17, 15) is 14.4 Å². The molecular formula is C30H32N4O5. The Morgan fingerprint density at radius 2 is 1.62 bits per heavy atom. The van der Waals surface area contributed by atoms with Crippen LogP contribution in [0, 0.1) is 0 Å². The summed E-state index contributed by atoms with van der Waals surface area (Å²) in [7, 11) is 1.59. The van der Waals surface area contributed by atoms with Gasteiger partial charge in [0.15, 0.2) is 5.69 Å². The minimum absolute atomic E-state index is 0.0313. The van der Waals surface area contributed by atoms with Gasteiger partial charge in [-0.2, -0.15) is 5.10 Å². The molecule has 1 saturated heterocycles. The van der Waals surface area contributed by atoms with Gasteiger partial charge >= 0.3 is 5.97 Å². The van der Waals surface area contributed by atoms with Crippen molar-refractivity contribution in [3.8, 4) is 11.4 Å². The van der Waals surface area contributed by atoms with Gasteiger partial charge in [0.25, 0.3) is 11.8 Å². The standard InChI is InChI=1S/C30H32N4O5/c1-3-39-29(37)25-24-26(34(31-25)22-11-13-23(38-2)14-12-22)28(36)33(19-30(24)15-16-30)21-9-7-20(8-10-21)27(35)32-17-5-4-6-18-32/h7-14H,3-6,15-19H2,1-2H3. The van der Waals surface area contributed by atoms with E-state index >= 15 is 0 Å². The first-order valence-electron chi connectivity index (χ1n) is 13.6. The van der Waals surface area contributed by atoms with E-state index in [4.69, 9.17) is 9.47 Å². The van der Waals surface area contributed by atoms with Crippen molar-refractivity contribution in [2.24, 2.45) is 0 Å². The molecule has 0 bridgehead atoms. The molecule has 3 heterocycles. The van der Waals surface area contributed by atoms with Crippen molar-refractivity contribution >= 4 is 23.5 Å². The van der Waals surface area contributed by atoms with E-state index < -0.39 is 5.97 Å². The van der Waals surface area contributed by atoms with E-state index in [1.807, 2.05) is 29.2 Å². The molecule has 3 aromatic rings. The van der Waals surface area contributed by atoms with Crippen LogP contribution >= 0.6 is 0 Å². The van der Waals surface area contributed by atoms with Crippen molar-refractivity contribution < 1.29 is 23.9 Å². The Morgan fingerprint density at radius 1 is 0.949 bits per heavy atom. The molecule has 2 aromatic carbocycles. The van der Waals surface area contributed by atoms with E-state index in [0.29, 0.717) is 40.5 Å². The lowest BCUT2D eigenvalue weighted by atomic mass is 9.88. The topological polar surface area (TPSA) is 94.0 Å². The van der Waals surface area contributed by atoms with Gasteiger partial charge in [0, 0.05) is 41.9 Å². The van der Waals surface area contributed by atoms with Crippen molar-refractivity contribution in [3.63, 3.8) is 0 Å². The number of hydrogen-bond acceptors (Lipinski definition) is 6. The van der Waals surface area contributed by atoms with E-state index in [1.54, 1.807) is 47.9 Å². The van der Waals surface area contributed by atoms with Crippen molar-refractivity contribution in [2.45, 2.75) is 44.4 Å². The number of ether oxygens (including phenoxy) is 2. The van der Waals surface area contributed by atoms with Crippen molar-refractivity contribution in [3.05, 3.63) is 71.0 Å². The van der Waals surface area contributed by atoms with Crippen LogP contribution < -0.4 is 9.64 Å². The van der Waals surface area contributed by atoms with Gasteiger partial charge in [-0.05, 0) is 87.6 Å². The highest BCUT2D eigenvalue weighted by atomic mass is 16.5. The van der Waals surface area contributed by atoms with E-state index in [1.165, 1.54) is 0 Å². The van der Waals surface area contributed by atoms with Gasteiger partial charge in [-0.25, -0.2) is 9.48 Å². The van der Waals surface area contributed by atoms with E-state index in [-0.39, 0.29) is 29.5 Å². The Kier molecular flexibility index (Phi) is 6.37. The fraction of sp³-hybridized carbons (Fsp3) is 0.400. The maximum Gasteiger partial charge on any atom is 0.359 e. The smallest absolute Gasteiger partial charge is 0.359 e. The second kappa shape index (κ2) is 9.87. The SMILES string of the molecule is CCOC(=O)c1nn(-c2ccc(OC)cc2)c2c1C1(CC1)CN(c1ccc(C(=O)N3CCCCC3)cc1)C2=O. The summed E-state index contributed by atoms with van der Waals surface area (Å²) >= 11 is 0. The quantitative estimate of drug-likeness (QED) is 0.441. The number of methoxy groups -OCH3 is 1. The summed E-state index contributed by atoms with van der Waals surface area (Å²) in [6.07, 6.45) is 4.92. The number of amides is 2. The van der Waals surface area contributed by atoms with Gasteiger partial charge in [0.2, 0.25) is 0 Å². The number of anilines is 1. The maximum atomic E-state index is 14.1. The first kappa shape index (κ1) is 25.2. The molecule has 0 unspecified atom stereocenters. The molecule has 1 spiro atoms. The van der Waals surface area contributed by atoms with Gasteiger partial charge in [-0.1, -0.05) is 0 Å². The highest BCUT2D eigenvalue weighted by Gasteiger charge is 2.56. The number of carbonyl (C=O) groups excluding carboxylic acids is 3. The fourth-order valence-electron chi connectivity index (χ4n) is 5.78. The second-order valence-electron chi connectivity index (χ2n) is 10.5. The molecule has 1 aliphatic carbocycles. The van der Waals surface area contributed by atoms with Crippen LogP contribution in [0.1, 0.15) is 75.9 Å². The van der Waals surface area contributed by atoms with E-state index in [2.05, 4.69) is 5.10 Å². The molecule has 0 radical (unpaired) electrons. The van der Waals surface area contributed by atoms with Gasteiger partial charge in [0.05, 0.1) is 19.4 Å². The maximum absolute atomic E-state index is 14.1. The zero-order valence-electron chi connectivity index (χ0n) is 22.3. The summed E-state index contributed by atoms with van der Waals surface area (Å²) in [6, 6.07) is 14.5. The van der Waals surface area contributed by atoms with E-state index in [0.717, 1.165) is 45.2 Å². The average Bonchev–Trinajstić information content (AvgIpc) is 3.63. The number of hydrogen-bond donors (Lipinski definition) is 0. The molecule has 1 aromatic heterocycles. The van der Waals surface area contributed by atoms with Crippen molar-refractivity contribution in [2.75, 3.05) is 38.3 Å². The monoisotopic (exact) mass is 528 g/mol. The lowest BCUT2D eigenvalue weighted by Gasteiger charge is -2.33. The number of aromatic nitrogens is 2. The summed E-state index contributed by atoms with van der Waals surface area (Å²) in [5, 5.41) is 4.64. The third kappa shape index (κ3) is 4.35. The zero-order valence-corrected chi connectivity index (χ0v) is 22.3. The summed E-state index contributed by atoms with van der Waals surface area (Å²) in [6.45, 7) is 3.99. The largest absolute Gasteiger partial charge is 0.497 e. The Bertz CT molecular complexity index is 1420. The molecule has 3 aliphatic rings. The van der Waals surface area contributed by atoms with Crippen LogP contribution in [0.5, 0.6) is 5.75 Å². The Morgan fingerprint density at radius 3 is 2.23 bits per heavy atom. The highest BCUT2D eigenvalue weighted by molar-refractivity contribution is 6.10. The molecule has 0 N–H and O–H groups in total. The number of nitrogens with zero attached hydrogens (tertiary/aromatic N) is 4. The molecule has 2 fully saturated rings. The fourth-order valence-corrected chi connectivity index (χ4v) is 5.78. The second-order valence-corrected chi connectivity index (χ2v) is 10.5. The van der Waals surface area contributed by atoms with Gasteiger partial charge in [0.1, 0.15) is 11.4 Å². The number of esters is 1. The predicted molar refractivity (Wildman–Crippen MR) is 145 cm³/mol. The van der Waals surface area contributed by atoms with Crippen molar-refractivity contribution in [1.82, 2.24) is 14.7 Å². The van der Waals surface area contributed by atoms with Crippen LogP contribution in [0.4, 0.5) is 5.69 Å². The van der Waals surface area contributed by atoms with Crippen LogP contribution in [-0.4, -0.2) is 65.8 Å². The number of likely N-dealkylation sites (tertiary alicyclic amines) is 1. The van der Waals surface area contributed by atoms with Crippen molar-refractivity contribution in [1.29, 1.82) is 0 Å². The van der Waals surface area contributed by atoms with Crippen LogP contribution in [0.2, 0.25) is 0 Å². The Labute approximate surface area is 227 Å². The van der Waals surface area contributed by atoms with Crippen LogP contribution in [0.15, 0.2) is 48.5 Å². The summed E-state index contributed by atoms with van der Waals surface area (Å²) in [4.78, 5) is 43.7. The number of piperidine rings is 1. The van der Waals surface area contributed by atoms with Crippen LogP contribution in [0.25, 0.3) is 5.69 Å². The third-order valence-electron chi connectivity index (χ3n) is 8.03. The number of rotatable bonds is 6. The molecule has 39 heavy (non-hydrogen) atoms. The number of carbonyl (C=O) groups is 3. The summed E-state index contributed by atoms with van der Waals surface area (Å²) in [5.74, 6) is -0.0503. The molecule has 2 amide bonds. The first-order valence-corrected chi connectivity index (χ1v) is 13.6. The minimum Gasteiger partial charge on any atom is -0.497 e. The molecule has 1 saturated carbocycles. The molecule has 202 valence electrons. The van der Waals surface area contributed by atoms with Gasteiger partial charge < -0.3 is 19.3 Å². The normalized spacial score (nSPS) is 17.6. The lowest BCUT2D eigenvalue weighted by Crippen LogP contribution is -2.44. The molecule has 9 nitrogen and oxygen atoms in total. The molecule has 6 rings (SSSR count). The Balaban J connectivity index is 1.39. The number of fused-ring (bicyclic) bond motifs is 2. The molecule has 2 aliphatic heterocycles. The molecular weight excluding hydrogens is 496 g/mol. The highest BCUT2D eigenvalue weighted by Crippen LogP contribution is 2.54. The molecule has 9 heteroatoms. The minimum atomic E-state index is -0.519. The van der Waals surface area contributed by atoms with Crippen LogP contribution in [-0.2, 0) is 10.2 Å². The summed E-state index contributed by atoms with van der Waals surface area (Å²) < 4.78 is 12.2. The number of benzene rings is 2. The lowest BCUT2D eigenvalue weighted by molar-refractivity contribution is 0.0516. The predicted octanol–water partition coefficient (Wildman–Crippen LogP) is 4.38. The Hall–Kier alpha value is -4.14. The third-order valence-corrected chi connectivity index (χ3v) is 8.03. The van der Waals surface area contributed by atoms with Gasteiger partial charge in [-0.3, -0.25) is 9.59 Å². The van der Waals surface area contributed by atoms with Crippen LogP contribution in [0.3, 0.4) is 0 Å². The molecule has 0 atom stereocenters.